The highest BCUT2D eigenvalue weighted by Gasteiger charge is 2.17. The van der Waals surface area contributed by atoms with Crippen LogP contribution in [0.25, 0.3) is 10.9 Å². The van der Waals surface area contributed by atoms with Crippen molar-refractivity contribution >= 4 is 10.9 Å². The number of aromatic nitrogens is 1. The molecule has 96 valence electrons. The molecule has 1 aliphatic heterocycles. The average molecular weight is 241 g/mol. The van der Waals surface area contributed by atoms with Crippen LogP contribution in [0.4, 0.5) is 0 Å². The van der Waals surface area contributed by atoms with Crippen molar-refractivity contribution in [2.24, 2.45) is 0 Å². The lowest BCUT2D eigenvalue weighted by atomic mass is 10.0. The average Bonchev–Trinajstić information content (AvgIpc) is 2.68. The molecule has 1 aromatic carbocycles. The van der Waals surface area contributed by atoms with Gasteiger partial charge in [-0.3, -0.25) is 0 Å². The van der Waals surface area contributed by atoms with Gasteiger partial charge in [0.15, 0.2) is 0 Å². The quantitative estimate of drug-likeness (QED) is 0.730. The second kappa shape index (κ2) is 4.79. The predicted molar refractivity (Wildman–Crippen MR) is 78.2 cm³/mol. The lowest BCUT2D eigenvalue weighted by Crippen LogP contribution is -2.07. The van der Waals surface area contributed by atoms with E-state index in [2.05, 4.69) is 36.6 Å². The van der Waals surface area contributed by atoms with Gasteiger partial charge in [0.2, 0.25) is 0 Å². The predicted octanol–water partition coefficient (Wildman–Crippen LogP) is 4.49. The van der Waals surface area contributed by atoms with Crippen molar-refractivity contribution in [2.75, 3.05) is 0 Å². The fraction of sp³-hybridized carbons (Fsp3) is 0.529. The number of nitrogens with zero attached hydrogens (tertiary/aromatic N) is 1. The van der Waals surface area contributed by atoms with Crippen LogP contribution in [0.1, 0.15) is 49.9 Å². The van der Waals surface area contributed by atoms with Gasteiger partial charge >= 0.3 is 0 Å². The first-order valence-corrected chi connectivity index (χ1v) is 7.48. The van der Waals surface area contributed by atoms with E-state index in [0.29, 0.717) is 0 Å². The van der Waals surface area contributed by atoms with Crippen molar-refractivity contribution in [1.82, 2.24) is 4.57 Å². The maximum atomic E-state index is 2.63. The van der Waals surface area contributed by atoms with E-state index in [0.717, 1.165) is 12.8 Å². The molecule has 0 bridgehead atoms. The third-order valence-corrected chi connectivity index (χ3v) is 4.41. The van der Waals surface area contributed by atoms with E-state index >= 15 is 0 Å². The zero-order chi connectivity index (χ0) is 12.5. The molecule has 1 aromatic heterocycles. The normalized spacial score (nSPS) is 15.7. The molecule has 0 spiro atoms. The summed E-state index contributed by atoms with van der Waals surface area (Å²) in [6.45, 7) is 5.82. The number of hydrogen-bond acceptors (Lipinski definition) is 0. The lowest BCUT2D eigenvalue weighted by molar-refractivity contribution is 0.571. The molecular formula is C17H23N. The molecule has 0 saturated heterocycles. The zero-order valence-electron chi connectivity index (χ0n) is 11.6. The summed E-state index contributed by atoms with van der Waals surface area (Å²) in [7, 11) is 0. The van der Waals surface area contributed by atoms with Gasteiger partial charge < -0.3 is 4.57 Å². The smallest absolute Gasteiger partial charge is 0.0517 e. The van der Waals surface area contributed by atoms with Gasteiger partial charge in [0.05, 0.1) is 5.52 Å². The van der Waals surface area contributed by atoms with Gasteiger partial charge in [-0.1, -0.05) is 38.5 Å². The largest absolute Gasteiger partial charge is 0.344 e. The molecule has 3 rings (SSSR count). The maximum absolute atomic E-state index is 2.63. The first-order chi connectivity index (χ1) is 8.86. The van der Waals surface area contributed by atoms with Crippen LogP contribution in [-0.2, 0) is 25.8 Å². The minimum atomic E-state index is 1.16. The van der Waals surface area contributed by atoms with Crippen molar-refractivity contribution in [3.63, 3.8) is 0 Å². The maximum Gasteiger partial charge on any atom is 0.0517 e. The van der Waals surface area contributed by atoms with E-state index in [-0.39, 0.29) is 0 Å². The van der Waals surface area contributed by atoms with Crippen LogP contribution in [0.5, 0.6) is 0 Å². The Bertz CT molecular complexity index is 562. The summed E-state index contributed by atoms with van der Waals surface area (Å²) in [6.07, 6.45) is 7.65. The highest BCUT2D eigenvalue weighted by Crippen LogP contribution is 2.32. The minimum Gasteiger partial charge on any atom is -0.344 e. The fourth-order valence-corrected chi connectivity index (χ4v) is 3.62. The molecule has 18 heavy (non-hydrogen) atoms. The molecule has 0 saturated carbocycles. The van der Waals surface area contributed by atoms with Crippen molar-refractivity contribution in [1.29, 1.82) is 0 Å². The summed E-state index contributed by atoms with van der Waals surface area (Å²) in [5.41, 5.74) is 6.30. The summed E-state index contributed by atoms with van der Waals surface area (Å²) in [5.74, 6) is 0. The van der Waals surface area contributed by atoms with Crippen molar-refractivity contribution in [3.8, 4) is 0 Å². The molecule has 2 heterocycles. The highest BCUT2D eigenvalue weighted by atomic mass is 15.0. The Labute approximate surface area is 110 Å². The van der Waals surface area contributed by atoms with Gasteiger partial charge in [0.25, 0.3) is 0 Å². The van der Waals surface area contributed by atoms with Gasteiger partial charge in [-0.15, -0.1) is 0 Å². The number of rotatable bonds is 2. The molecule has 1 aliphatic rings. The van der Waals surface area contributed by atoms with Gasteiger partial charge in [-0.2, -0.15) is 0 Å². The molecule has 0 N–H and O–H groups in total. The molecule has 1 heteroatoms. The summed E-state index contributed by atoms with van der Waals surface area (Å²) in [6, 6.07) is 6.92. The lowest BCUT2D eigenvalue weighted by Gasteiger charge is -2.15. The van der Waals surface area contributed by atoms with Crippen molar-refractivity contribution in [3.05, 3.63) is 35.0 Å². The van der Waals surface area contributed by atoms with E-state index in [9.17, 15) is 0 Å². The summed E-state index contributed by atoms with van der Waals surface area (Å²) in [5, 5.41) is 1.52. The monoisotopic (exact) mass is 241 g/mol. The molecule has 0 radical (unpaired) electrons. The second-order valence-corrected chi connectivity index (χ2v) is 5.41. The molecule has 0 atom stereocenters. The van der Waals surface area contributed by atoms with Crippen LogP contribution < -0.4 is 0 Å². The molecule has 2 aromatic rings. The standard InChI is InChI=1S/C17H23N/c1-3-14-15-11-8-10-13-9-6-5-7-12-18(17(13)15)16(14)4-2/h8,10-11H,3-7,9,12H2,1-2H3. The van der Waals surface area contributed by atoms with Crippen LogP contribution >= 0.6 is 0 Å². The number of hydrogen-bond donors (Lipinski definition) is 0. The van der Waals surface area contributed by atoms with Crippen LogP contribution in [-0.4, -0.2) is 4.57 Å². The Morgan fingerprint density at radius 3 is 2.72 bits per heavy atom. The van der Waals surface area contributed by atoms with Gasteiger partial charge in [0, 0.05) is 17.6 Å². The molecule has 1 nitrogen and oxygen atoms in total. The van der Waals surface area contributed by atoms with Crippen molar-refractivity contribution < 1.29 is 0 Å². The third kappa shape index (κ3) is 1.68. The zero-order valence-corrected chi connectivity index (χ0v) is 11.6. The van der Waals surface area contributed by atoms with E-state index in [1.165, 1.54) is 37.6 Å². The third-order valence-electron chi connectivity index (χ3n) is 4.41. The topological polar surface area (TPSA) is 4.93 Å². The second-order valence-electron chi connectivity index (χ2n) is 5.41. The van der Waals surface area contributed by atoms with Crippen LogP contribution in [0.3, 0.4) is 0 Å². The Morgan fingerprint density at radius 2 is 1.94 bits per heavy atom. The Hall–Kier alpha value is -1.24. The van der Waals surface area contributed by atoms with E-state index in [4.69, 9.17) is 0 Å². The minimum absolute atomic E-state index is 1.16. The Morgan fingerprint density at radius 1 is 1.06 bits per heavy atom. The van der Waals surface area contributed by atoms with Crippen molar-refractivity contribution in [2.45, 2.75) is 58.9 Å². The Kier molecular flexibility index (Phi) is 3.15. The molecule has 0 aliphatic carbocycles. The summed E-state index contributed by atoms with van der Waals surface area (Å²) in [4.78, 5) is 0. The van der Waals surface area contributed by atoms with Crippen LogP contribution in [0.15, 0.2) is 18.2 Å². The van der Waals surface area contributed by atoms with Crippen LogP contribution in [0.2, 0.25) is 0 Å². The molecule has 0 fully saturated rings. The van der Waals surface area contributed by atoms with E-state index < -0.39 is 0 Å². The van der Waals surface area contributed by atoms with E-state index in [1.807, 2.05) is 0 Å². The van der Waals surface area contributed by atoms with Gasteiger partial charge in [-0.25, -0.2) is 0 Å². The van der Waals surface area contributed by atoms with Crippen LogP contribution in [0, 0.1) is 0 Å². The number of benzene rings is 1. The van der Waals surface area contributed by atoms with E-state index in [1.54, 1.807) is 22.3 Å². The molecular weight excluding hydrogens is 218 g/mol. The fourth-order valence-electron chi connectivity index (χ4n) is 3.62. The summed E-state index contributed by atoms with van der Waals surface area (Å²) < 4.78 is 2.63. The van der Waals surface area contributed by atoms with Gasteiger partial charge in [-0.05, 0) is 43.2 Å². The number of para-hydroxylation sites is 1. The Balaban J connectivity index is 2.36. The first kappa shape index (κ1) is 11.8. The SMILES string of the molecule is CCc1c(CC)n2c3c(cccc13)CCCCC2. The summed E-state index contributed by atoms with van der Waals surface area (Å²) >= 11 is 0. The highest BCUT2D eigenvalue weighted by molar-refractivity contribution is 5.88. The first-order valence-electron chi connectivity index (χ1n) is 7.48. The molecule has 0 unspecified atom stereocenters. The number of aryl methyl sites for hydroxylation is 3. The van der Waals surface area contributed by atoms with Gasteiger partial charge in [0.1, 0.15) is 0 Å². The molecule has 0 amide bonds.